The molecule has 2 aliphatic rings. The van der Waals surface area contributed by atoms with Crippen molar-refractivity contribution in [3.05, 3.63) is 167 Å². The number of nitrogens with two attached hydrogens (primary N) is 1. The molecule has 14 nitrogen and oxygen atoms in total. The number of aliphatic hydroxyl groups is 1. The number of aliphatic carboxylic acids is 1. The highest BCUT2D eigenvalue weighted by molar-refractivity contribution is 6.12. The Morgan fingerprint density at radius 2 is 1.45 bits per heavy atom. The second-order valence-electron chi connectivity index (χ2n) is 14.2. The number of hydrogen-bond acceptors (Lipinski definition) is 10. The molecule has 1 fully saturated rings. The van der Waals surface area contributed by atoms with Gasteiger partial charge in [-0.05, 0) is 59.6 Å². The second kappa shape index (κ2) is 25.7. The molecule has 6 N–H and O–H groups in total. The maximum Gasteiger partial charge on any atom is 0.310 e. The van der Waals surface area contributed by atoms with Gasteiger partial charge in [-0.2, -0.15) is 0 Å². The first-order valence-corrected chi connectivity index (χ1v) is 20.5. The van der Waals surface area contributed by atoms with Gasteiger partial charge < -0.3 is 45.7 Å². The van der Waals surface area contributed by atoms with Crippen LogP contribution in [0.25, 0.3) is 0 Å². The molecule has 64 heavy (non-hydrogen) atoms. The van der Waals surface area contributed by atoms with Crippen LogP contribution in [0.4, 0.5) is 5.69 Å². The van der Waals surface area contributed by atoms with Crippen LogP contribution < -0.4 is 26.0 Å². The third-order valence-electron chi connectivity index (χ3n) is 10.6. The van der Waals surface area contributed by atoms with Gasteiger partial charge in [0, 0.05) is 38.5 Å². The van der Waals surface area contributed by atoms with E-state index in [1.54, 1.807) is 61.5 Å². The molecule has 2 aliphatic heterocycles. The Kier molecular flexibility index (Phi) is 19.9. The average molecular weight is 870 g/mol. The van der Waals surface area contributed by atoms with Crippen LogP contribution in [0.5, 0.6) is 5.75 Å². The fraction of sp³-hybridized carbons (Fsp3) is 0.260. The lowest BCUT2D eigenvalue weighted by atomic mass is 9.65. The molecule has 0 aromatic heterocycles. The number of nitrogens with one attached hydrogen (secondary N) is 2. The third-order valence-corrected chi connectivity index (χ3v) is 10.6. The molecular weight excluding hydrogens is 815 g/mol. The molecule has 0 radical (unpaired) electrons. The van der Waals surface area contributed by atoms with Crippen molar-refractivity contribution in [2.24, 2.45) is 11.7 Å². The summed E-state index contributed by atoms with van der Waals surface area (Å²) in [5.74, 6) is 3.10. The molecule has 2 heterocycles. The molecule has 3 amide bonds. The van der Waals surface area contributed by atoms with Crippen molar-refractivity contribution in [2.75, 3.05) is 52.4 Å². The van der Waals surface area contributed by atoms with Gasteiger partial charge in [0.1, 0.15) is 24.1 Å². The van der Waals surface area contributed by atoms with E-state index in [-0.39, 0.29) is 26.3 Å². The van der Waals surface area contributed by atoms with Crippen molar-refractivity contribution in [3.8, 4) is 17.6 Å². The predicted octanol–water partition coefficient (Wildman–Crippen LogP) is 4.28. The van der Waals surface area contributed by atoms with Gasteiger partial charge in [0.25, 0.3) is 0 Å². The van der Waals surface area contributed by atoms with Crippen molar-refractivity contribution >= 4 is 36.7 Å². The number of carbonyl (C=O) groups excluding carboxylic acids is 4. The van der Waals surface area contributed by atoms with E-state index in [1.165, 1.54) is 11.9 Å². The van der Waals surface area contributed by atoms with Gasteiger partial charge >= 0.3 is 5.97 Å². The summed E-state index contributed by atoms with van der Waals surface area (Å²) >= 11 is 0. The summed E-state index contributed by atoms with van der Waals surface area (Å²) in [6, 6.07) is 41.1. The van der Waals surface area contributed by atoms with Crippen molar-refractivity contribution in [2.45, 2.75) is 30.1 Å². The van der Waals surface area contributed by atoms with Crippen LogP contribution in [0.3, 0.4) is 0 Å². The minimum absolute atomic E-state index is 0.0859. The highest BCUT2D eigenvalue weighted by atomic mass is 16.5. The van der Waals surface area contributed by atoms with E-state index in [0.717, 1.165) is 11.1 Å². The average Bonchev–Trinajstić information content (AvgIpc) is 3.76. The number of carbonyl (C=O) groups is 5. The SMILES string of the molecule is CN.CO[C@H](CN1C(C=O)[C@H](C(=O)O)C2(C(=O)N(C)c3ccc(C#CCNC=O)cc32)[C@@H]1c1ccc(OCCO)cc1)c1ccccc1.O=CNCc1ccccc1.c1ccccc1. The van der Waals surface area contributed by atoms with Gasteiger partial charge in [-0.3, -0.25) is 24.1 Å². The number of rotatable bonds is 15. The highest BCUT2D eigenvalue weighted by Gasteiger charge is 2.71. The topological polar surface area (TPSA) is 201 Å². The van der Waals surface area contributed by atoms with Crippen LogP contribution in [-0.4, -0.2) is 99.6 Å². The van der Waals surface area contributed by atoms with Crippen LogP contribution in [0.1, 0.15) is 40.0 Å². The fourth-order valence-corrected chi connectivity index (χ4v) is 8.01. The van der Waals surface area contributed by atoms with E-state index >= 15 is 0 Å². The lowest BCUT2D eigenvalue weighted by Gasteiger charge is -2.37. The number of methoxy groups -OCH3 is 1. The molecule has 5 aromatic carbocycles. The summed E-state index contributed by atoms with van der Waals surface area (Å²) in [7, 11) is 4.64. The molecule has 7 rings (SSSR count). The number of carboxylic acids is 1. The zero-order chi connectivity index (χ0) is 46.3. The van der Waals surface area contributed by atoms with Crippen LogP contribution in [-0.2, 0) is 40.7 Å². The second-order valence-corrected chi connectivity index (χ2v) is 14.2. The quantitative estimate of drug-likeness (QED) is 0.0572. The summed E-state index contributed by atoms with van der Waals surface area (Å²) in [6.45, 7) is 0.738. The van der Waals surface area contributed by atoms with Crippen molar-refractivity contribution < 1.29 is 43.7 Å². The highest BCUT2D eigenvalue weighted by Crippen LogP contribution is 2.61. The smallest absolute Gasteiger partial charge is 0.310 e. The number of likely N-dealkylation sites (N-methyl/N-ethyl adjacent to an activating group) is 1. The monoisotopic (exact) mass is 869 g/mol. The predicted molar refractivity (Wildman–Crippen MR) is 244 cm³/mol. The molecule has 2 unspecified atom stereocenters. The molecular formula is C50H55N5O9. The van der Waals surface area contributed by atoms with Crippen LogP contribution >= 0.6 is 0 Å². The summed E-state index contributed by atoms with van der Waals surface area (Å²) in [4.78, 5) is 64.8. The number of benzene rings is 5. The lowest BCUT2D eigenvalue weighted by molar-refractivity contribution is -0.148. The first kappa shape index (κ1) is 49.5. The molecule has 0 bridgehead atoms. The Balaban J connectivity index is 0.000000413. The van der Waals surface area contributed by atoms with E-state index in [9.17, 15) is 34.2 Å². The molecule has 1 saturated heterocycles. The van der Waals surface area contributed by atoms with Gasteiger partial charge in [-0.1, -0.05) is 121 Å². The Labute approximate surface area is 374 Å². The third kappa shape index (κ3) is 11.9. The van der Waals surface area contributed by atoms with Crippen molar-refractivity contribution in [3.63, 3.8) is 0 Å². The zero-order valence-corrected chi connectivity index (χ0v) is 36.1. The molecule has 5 atom stereocenters. The molecule has 0 saturated carbocycles. The van der Waals surface area contributed by atoms with Crippen LogP contribution in [0, 0.1) is 17.8 Å². The Hall–Kier alpha value is -7.15. The lowest BCUT2D eigenvalue weighted by Crippen LogP contribution is -2.50. The molecule has 14 heteroatoms. The maximum atomic E-state index is 14.7. The maximum absolute atomic E-state index is 14.7. The summed E-state index contributed by atoms with van der Waals surface area (Å²) in [5.41, 5.74) is 6.78. The minimum atomic E-state index is -1.73. The number of anilines is 1. The van der Waals surface area contributed by atoms with E-state index in [0.29, 0.717) is 53.8 Å². The van der Waals surface area contributed by atoms with E-state index in [1.807, 2.05) is 97.1 Å². The van der Waals surface area contributed by atoms with E-state index in [4.69, 9.17) is 9.47 Å². The molecule has 0 aliphatic carbocycles. The standard InChI is InChI=1S/C35H35N3O8.C8H9NO.C6H6.CH5N/c1-37-28-15-10-23(7-6-16-36-22-41)19-27(28)35(34(37)44)31(33(42)43)29(21-40)38(20-30(45-2)24-8-4-3-5-9-24)32(35)25-11-13-26(14-12-25)46-18-17-39;10-7-9-6-8-4-2-1-3-5-8;1-2-4-6-5-3-1;1-2/h3-5,8-15,19,21-22,29-32,39H,16-18,20H2,1-2H3,(H,36,41)(H,42,43);1-5,7H,6H2,(H,9,10);1-6H;2H2,1H3/t29?,30-,31-,32+,35?;;;/m1.../s1. The number of aldehydes is 1. The van der Waals surface area contributed by atoms with Crippen LogP contribution in [0.15, 0.2) is 140 Å². The largest absolute Gasteiger partial charge is 0.491 e. The van der Waals surface area contributed by atoms with Crippen molar-refractivity contribution in [1.82, 2.24) is 15.5 Å². The number of aliphatic hydroxyl groups excluding tert-OH is 1. The Bertz CT molecular complexity index is 2260. The Morgan fingerprint density at radius 3 is 2.00 bits per heavy atom. The first-order valence-electron chi connectivity index (χ1n) is 20.5. The van der Waals surface area contributed by atoms with Gasteiger partial charge in [0.15, 0.2) is 0 Å². The van der Waals surface area contributed by atoms with Gasteiger partial charge in [-0.25, -0.2) is 0 Å². The van der Waals surface area contributed by atoms with Gasteiger partial charge in [0.2, 0.25) is 18.7 Å². The normalized spacial score (nSPS) is 18.4. The summed E-state index contributed by atoms with van der Waals surface area (Å²) in [6.07, 6.45) is 1.29. The van der Waals surface area contributed by atoms with Crippen molar-refractivity contribution in [1.29, 1.82) is 0 Å². The number of carboxylic acid groups (broad SMARTS) is 1. The number of likely N-dealkylation sites (tertiary alicyclic amines) is 1. The minimum Gasteiger partial charge on any atom is -0.491 e. The van der Waals surface area contributed by atoms with Crippen LogP contribution in [0.2, 0.25) is 0 Å². The number of nitrogens with zero attached hydrogens (tertiary/aromatic N) is 2. The molecule has 5 aromatic rings. The van der Waals surface area contributed by atoms with E-state index in [2.05, 4.69) is 28.2 Å². The first-order chi connectivity index (χ1) is 31.3. The number of hydrogen-bond donors (Lipinski definition) is 5. The number of fused-ring (bicyclic) bond motifs is 2. The zero-order valence-electron chi connectivity index (χ0n) is 36.1. The summed E-state index contributed by atoms with van der Waals surface area (Å²) in [5, 5.41) is 25.2. The fourth-order valence-electron chi connectivity index (χ4n) is 8.01. The van der Waals surface area contributed by atoms with Gasteiger partial charge in [0.05, 0.1) is 37.3 Å². The summed E-state index contributed by atoms with van der Waals surface area (Å²) < 4.78 is 11.5. The number of ether oxygens (including phenoxy) is 2. The Morgan fingerprint density at radius 1 is 0.859 bits per heavy atom. The molecule has 1 spiro atoms. The van der Waals surface area contributed by atoms with Gasteiger partial charge in [-0.15, -0.1) is 0 Å². The number of amides is 3. The van der Waals surface area contributed by atoms with E-state index < -0.39 is 41.4 Å². The molecule has 334 valence electrons.